The monoisotopic (exact) mass is 1070 g/mol. The second kappa shape index (κ2) is 21.2. The number of rotatable bonds is 5. The number of hydrogen-bond acceptors (Lipinski definition) is 8. The molecule has 24 heteroatoms. The smallest absolute Gasteiger partial charge is 0.369 e. The predicted molar refractivity (Wildman–Crippen MR) is 242 cm³/mol. The van der Waals surface area contributed by atoms with Crippen LogP contribution in [-0.2, 0) is 0 Å². The van der Waals surface area contributed by atoms with Gasteiger partial charge in [0.25, 0.3) is 11.8 Å². The first-order valence-corrected chi connectivity index (χ1v) is 20.9. The summed E-state index contributed by atoms with van der Waals surface area (Å²) < 4.78 is 87.3. The van der Waals surface area contributed by atoms with Crippen LogP contribution in [0, 0.1) is 34.9 Å². The molecule has 0 saturated carbocycles. The Kier molecular flexibility index (Phi) is 16.8. The number of ether oxygens (including phenoxy) is 1. The molecule has 63 heavy (non-hydrogen) atoms. The van der Waals surface area contributed by atoms with Gasteiger partial charge >= 0.3 is 3.18 Å². The molecule has 0 aliphatic carbocycles. The molecule has 6 rings (SSSR count). The Labute approximate surface area is 381 Å². The number of nitrogens with zero attached hydrogens (tertiary/aromatic N) is 4. The van der Waals surface area contributed by atoms with Crippen LogP contribution < -0.4 is 26.0 Å². The molecular formula is C39H38BBr3F6N10O4. The number of methoxy groups -OCH3 is 1. The Morgan fingerprint density at radius 2 is 1.02 bits per heavy atom. The summed E-state index contributed by atoms with van der Waals surface area (Å²) in [7, 11) is 1.44. The molecule has 2 heterocycles. The number of benzene rings is 4. The number of aromatic nitrogens is 4. The maximum Gasteiger partial charge on any atom is 0.369 e. The highest BCUT2D eigenvalue weighted by Gasteiger charge is 2.22. The van der Waals surface area contributed by atoms with E-state index in [2.05, 4.69) is 98.9 Å². The number of anilines is 2. The molecule has 14 nitrogen and oxygen atoms in total. The van der Waals surface area contributed by atoms with Gasteiger partial charge < -0.3 is 20.5 Å². The first kappa shape index (κ1) is 50.0. The molecule has 2 aromatic heterocycles. The number of aromatic amines is 2. The molecule has 0 unspecified atom stereocenters. The van der Waals surface area contributed by atoms with E-state index in [9.17, 15) is 41.0 Å². The lowest BCUT2D eigenvalue weighted by atomic mass is 10.1. The zero-order chi connectivity index (χ0) is 47.0. The Balaban J connectivity index is 0.000000255. The van der Waals surface area contributed by atoms with Crippen molar-refractivity contribution in [2.24, 2.45) is 9.98 Å². The van der Waals surface area contributed by atoms with Crippen molar-refractivity contribution in [1.29, 1.82) is 0 Å². The molecule has 0 radical (unpaired) electrons. The second-order valence-electron chi connectivity index (χ2n) is 14.9. The topological polar surface area (TPSA) is 194 Å². The summed E-state index contributed by atoms with van der Waals surface area (Å²) in [6.07, 6.45) is 0. The van der Waals surface area contributed by atoms with E-state index in [4.69, 9.17) is 4.74 Å². The Morgan fingerprint density at radius 3 is 1.41 bits per heavy atom. The number of amides is 2. The number of carbonyl (C=O) groups is 2. The number of guanidine groups is 2. The largest absolute Gasteiger partial charge is 0.506 e. The van der Waals surface area contributed by atoms with Crippen molar-refractivity contribution in [3.05, 3.63) is 107 Å². The summed E-state index contributed by atoms with van der Waals surface area (Å²) in [5, 5.41) is 33.5. The zero-order valence-electron chi connectivity index (χ0n) is 34.2. The lowest BCUT2D eigenvalue weighted by molar-refractivity contribution is 0.0967. The molecule has 7 N–H and O–H groups in total. The van der Waals surface area contributed by atoms with Crippen LogP contribution in [0.1, 0.15) is 62.3 Å². The van der Waals surface area contributed by atoms with Gasteiger partial charge in [0.1, 0.15) is 34.2 Å². The average molecular weight is 1080 g/mol. The van der Waals surface area contributed by atoms with Crippen LogP contribution in [0.25, 0.3) is 21.8 Å². The van der Waals surface area contributed by atoms with Gasteiger partial charge in [-0.2, -0.15) is 10.2 Å². The van der Waals surface area contributed by atoms with Crippen molar-refractivity contribution in [3.8, 4) is 11.5 Å². The summed E-state index contributed by atoms with van der Waals surface area (Å²) in [5.41, 5.74) is -1.15. The maximum absolute atomic E-state index is 14.4. The fourth-order valence-electron chi connectivity index (χ4n) is 5.20. The minimum Gasteiger partial charge on any atom is -0.506 e. The van der Waals surface area contributed by atoms with Crippen molar-refractivity contribution < 1.29 is 45.8 Å². The summed E-state index contributed by atoms with van der Waals surface area (Å²) in [5.74, 6) is -7.12. The molecule has 0 spiro atoms. The zero-order valence-corrected chi connectivity index (χ0v) is 39.0. The van der Waals surface area contributed by atoms with Crippen molar-refractivity contribution in [2.45, 2.75) is 52.6 Å². The fraction of sp³-hybridized carbons (Fsp3) is 0.231. The van der Waals surface area contributed by atoms with E-state index >= 15 is 0 Å². The number of phenols is 1. The SMILES string of the molecule is BrB(Br)Br.CC(C)(C)N=C(NC(=O)c1ccc(F)c(F)c1)Nc1n[nH]c2c(O)ccc(F)c12.COc1ccc(F)c2c(NC(=NC(C)(C)C)NC(=O)c3ccc(F)c(F)c3)n[nH]c12. The normalized spacial score (nSPS) is 11.9. The number of fused-ring (bicyclic) bond motifs is 2. The minimum atomic E-state index is -1.17. The minimum absolute atomic E-state index is 0.0259. The molecule has 334 valence electrons. The number of H-pyrrole nitrogens is 2. The van der Waals surface area contributed by atoms with Crippen molar-refractivity contribution in [3.63, 3.8) is 0 Å². The van der Waals surface area contributed by atoms with Crippen LogP contribution in [0.5, 0.6) is 11.5 Å². The van der Waals surface area contributed by atoms with Crippen LogP contribution in [0.2, 0.25) is 0 Å². The van der Waals surface area contributed by atoms with E-state index in [0.29, 0.717) is 11.3 Å². The highest BCUT2D eigenvalue weighted by molar-refractivity contribution is 9.69. The van der Waals surface area contributed by atoms with E-state index in [1.54, 1.807) is 41.5 Å². The molecule has 0 bridgehead atoms. The van der Waals surface area contributed by atoms with Gasteiger partial charge in [0.05, 0.1) is 29.0 Å². The van der Waals surface area contributed by atoms with Crippen LogP contribution in [0.4, 0.5) is 38.0 Å². The van der Waals surface area contributed by atoms with Crippen LogP contribution in [0.3, 0.4) is 0 Å². The highest BCUT2D eigenvalue weighted by Crippen LogP contribution is 2.32. The number of carbonyl (C=O) groups excluding carboxylic acids is 2. The predicted octanol–water partition coefficient (Wildman–Crippen LogP) is 9.82. The number of phenolic OH excluding ortho intramolecular Hbond substituents is 1. The lowest BCUT2D eigenvalue weighted by Crippen LogP contribution is -2.38. The highest BCUT2D eigenvalue weighted by atomic mass is 79.9. The first-order valence-electron chi connectivity index (χ1n) is 18.1. The molecule has 4 aromatic carbocycles. The Morgan fingerprint density at radius 1 is 0.635 bits per heavy atom. The van der Waals surface area contributed by atoms with E-state index in [1.165, 1.54) is 25.3 Å². The number of aliphatic imine (C=N–C) groups is 2. The quantitative estimate of drug-likeness (QED) is 0.0384. The second-order valence-corrected chi connectivity index (χ2v) is 21.3. The molecule has 0 aliphatic rings. The fourth-order valence-corrected chi connectivity index (χ4v) is 5.20. The average Bonchev–Trinajstić information content (AvgIpc) is 3.80. The van der Waals surface area contributed by atoms with Gasteiger partial charge in [0.2, 0.25) is 11.9 Å². The first-order chi connectivity index (χ1) is 29.4. The van der Waals surface area contributed by atoms with Crippen molar-refractivity contribution in [1.82, 2.24) is 31.0 Å². The van der Waals surface area contributed by atoms with Crippen molar-refractivity contribution in [2.75, 3.05) is 17.7 Å². The lowest BCUT2D eigenvalue weighted by Gasteiger charge is -2.17. The van der Waals surface area contributed by atoms with E-state index in [0.717, 1.165) is 42.5 Å². The maximum atomic E-state index is 14.4. The molecule has 2 amide bonds. The van der Waals surface area contributed by atoms with Gasteiger partial charge in [-0.15, -0.1) is 47.3 Å². The van der Waals surface area contributed by atoms with Crippen LogP contribution in [-0.4, -0.2) is 70.6 Å². The Bertz CT molecular complexity index is 2680. The summed E-state index contributed by atoms with van der Waals surface area (Å²) in [6.45, 7) is 10.6. The van der Waals surface area contributed by atoms with E-state index in [1.807, 2.05) is 0 Å². The van der Waals surface area contributed by atoms with Gasteiger partial charge in [0.15, 0.2) is 34.9 Å². The van der Waals surface area contributed by atoms with E-state index < -0.39 is 57.8 Å². The van der Waals surface area contributed by atoms with E-state index in [-0.39, 0.29) is 59.9 Å². The number of aromatic hydroxyl groups is 1. The van der Waals surface area contributed by atoms with Gasteiger partial charge in [-0.3, -0.25) is 30.4 Å². The summed E-state index contributed by atoms with van der Waals surface area (Å²) >= 11 is 9.31. The van der Waals surface area contributed by atoms with Gasteiger partial charge in [-0.1, -0.05) is 0 Å². The summed E-state index contributed by atoms with van der Waals surface area (Å²) in [4.78, 5) is 33.7. The van der Waals surface area contributed by atoms with Crippen LogP contribution >= 0.6 is 47.3 Å². The van der Waals surface area contributed by atoms with Crippen molar-refractivity contribution >= 4 is 108 Å². The third kappa shape index (κ3) is 14.2. The van der Waals surface area contributed by atoms with Gasteiger partial charge in [-0.05, 0) is 102 Å². The molecule has 0 atom stereocenters. The summed E-state index contributed by atoms with van der Waals surface area (Å²) in [6, 6.07) is 10.4. The molecule has 0 aliphatic heterocycles. The standard InChI is InChI=1S/C20H20F3N5O2.C19H18F3N5O2.BBr3/c1-20(2,3)26-19(25-18(29)10-5-6-11(21)13(23)9-10)24-17-15-12(22)7-8-14(30-4)16(15)27-28-17;1-19(2,3)25-18(24-17(29)9-4-5-10(20)12(22)8-9)23-16-14-11(21)6-7-13(28)15(14)26-27-16;2-1(3)4/h5-9H,1-4H3,(H3,24,25,26,27,28,29);4-8,28H,1-3H3,(H3,23,24,25,26,27,29);. The Hall–Kier alpha value is -5.62. The van der Waals surface area contributed by atoms with Gasteiger partial charge in [-0.25, -0.2) is 36.3 Å². The van der Waals surface area contributed by atoms with Gasteiger partial charge in [0, 0.05) is 11.1 Å². The number of hydrogen-bond donors (Lipinski definition) is 7. The third-order valence-corrected chi connectivity index (χ3v) is 7.70. The molecular weight excluding hydrogens is 1040 g/mol. The molecule has 0 fully saturated rings. The number of halogens is 9. The van der Waals surface area contributed by atoms with Crippen LogP contribution in [0.15, 0.2) is 70.6 Å². The number of nitrogens with one attached hydrogen (secondary N) is 6. The third-order valence-electron chi connectivity index (χ3n) is 7.70. The molecule has 0 saturated heterocycles. The molecule has 6 aromatic rings.